The fourth-order valence-electron chi connectivity index (χ4n) is 5.64. The Bertz CT molecular complexity index is 1400. The molecule has 2 aliphatic heterocycles. The van der Waals surface area contributed by atoms with E-state index < -0.39 is 0 Å². The number of nitrogens with zero attached hydrogens (tertiary/aromatic N) is 6. The van der Waals surface area contributed by atoms with Gasteiger partial charge in [-0.1, -0.05) is 18.2 Å². The number of aromatic nitrogens is 4. The molecule has 180 valence electrons. The van der Waals surface area contributed by atoms with E-state index >= 15 is 0 Å². The summed E-state index contributed by atoms with van der Waals surface area (Å²) in [6.45, 7) is 6.48. The van der Waals surface area contributed by atoms with Gasteiger partial charge in [-0.2, -0.15) is 10.2 Å². The topological polar surface area (TPSA) is 71.2 Å². The van der Waals surface area contributed by atoms with E-state index in [1.165, 1.54) is 0 Å². The first-order chi connectivity index (χ1) is 17.0. The van der Waals surface area contributed by atoms with Crippen molar-refractivity contribution in [3.05, 3.63) is 54.9 Å². The first-order valence-electron chi connectivity index (χ1n) is 12.4. The van der Waals surface area contributed by atoms with Crippen molar-refractivity contribution >= 4 is 34.0 Å². The summed E-state index contributed by atoms with van der Waals surface area (Å²) in [4.78, 5) is 16.8. The standard InChI is InChI=1S/C27H31N7O/c1-18-16-32(27-23-6-4-5-7-24(23)31(3)30-27)26-14-20(8-9-25(26)34(18)19(2)35)21-15-29-33(17-21)22-10-12-28-13-11-22/h4-9,14-15,17-18,22,28H,10-13,16H2,1-3H3. The van der Waals surface area contributed by atoms with Crippen LogP contribution in [0.5, 0.6) is 0 Å². The Labute approximate surface area is 205 Å². The minimum absolute atomic E-state index is 0.0225. The molecular weight excluding hydrogens is 438 g/mol. The van der Waals surface area contributed by atoms with Crippen LogP contribution in [0.15, 0.2) is 54.9 Å². The van der Waals surface area contributed by atoms with Crippen LogP contribution in [0.1, 0.15) is 32.7 Å². The lowest BCUT2D eigenvalue weighted by Crippen LogP contribution is -2.48. The van der Waals surface area contributed by atoms with Crippen molar-refractivity contribution in [1.82, 2.24) is 24.9 Å². The van der Waals surface area contributed by atoms with Crippen LogP contribution in [0.4, 0.5) is 17.2 Å². The van der Waals surface area contributed by atoms with Gasteiger partial charge in [0.05, 0.1) is 35.2 Å². The smallest absolute Gasteiger partial charge is 0.224 e. The average molecular weight is 470 g/mol. The van der Waals surface area contributed by atoms with Crippen LogP contribution in [0.3, 0.4) is 0 Å². The molecule has 8 nitrogen and oxygen atoms in total. The van der Waals surface area contributed by atoms with Crippen molar-refractivity contribution in [2.24, 2.45) is 7.05 Å². The van der Waals surface area contributed by atoms with E-state index in [1.54, 1.807) is 6.92 Å². The van der Waals surface area contributed by atoms with Gasteiger partial charge in [-0.3, -0.25) is 14.2 Å². The number of hydrogen-bond acceptors (Lipinski definition) is 5. The number of piperidine rings is 1. The lowest BCUT2D eigenvalue weighted by Gasteiger charge is -2.41. The highest BCUT2D eigenvalue weighted by Gasteiger charge is 2.33. The number of anilines is 3. The minimum Gasteiger partial charge on any atom is -0.320 e. The average Bonchev–Trinajstić information content (AvgIpc) is 3.49. The van der Waals surface area contributed by atoms with Crippen molar-refractivity contribution < 1.29 is 4.79 Å². The molecule has 1 fully saturated rings. The summed E-state index contributed by atoms with van der Waals surface area (Å²) in [5.74, 6) is 0.970. The predicted molar refractivity (Wildman–Crippen MR) is 139 cm³/mol. The molecule has 4 aromatic rings. The summed E-state index contributed by atoms with van der Waals surface area (Å²) < 4.78 is 4.04. The lowest BCUT2D eigenvalue weighted by atomic mass is 10.0. The number of rotatable bonds is 3. The number of hydrogen-bond donors (Lipinski definition) is 1. The van der Waals surface area contributed by atoms with E-state index in [-0.39, 0.29) is 11.9 Å². The summed E-state index contributed by atoms with van der Waals surface area (Å²) in [6.07, 6.45) is 6.31. The van der Waals surface area contributed by atoms with Crippen LogP contribution in [-0.2, 0) is 11.8 Å². The molecule has 8 heteroatoms. The Kier molecular flexibility index (Phi) is 5.33. The van der Waals surface area contributed by atoms with Crippen LogP contribution in [0.25, 0.3) is 22.0 Å². The highest BCUT2D eigenvalue weighted by molar-refractivity contribution is 6.01. The van der Waals surface area contributed by atoms with Gasteiger partial charge in [0.15, 0.2) is 5.82 Å². The number of benzene rings is 2. The number of fused-ring (bicyclic) bond motifs is 2. The van der Waals surface area contributed by atoms with Crippen molar-refractivity contribution in [2.75, 3.05) is 29.4 Å². The zero-order chi connectivity index (χ0) is 24.1. The van der Waals surface area contributed by atoms with Gasteiger partial charge >= 0.3 is 0 Å². The van der Waals surface area contributed by atoms with Crippen molar-refractivity contribution in [2.45, 2.75) is 38.8 Å². The Hall–Kier alpha value is -3.65. The highest BCUT2D eigenvalue weighted by atomic mass is 16.2. The molecule has 0 bridgehead atoms. The van der Waals surface area contributed by atoms with Crippen LogP contribution >= 0.6 is 0 Å². The second kappa shape index (κ2) is 8.53. The van der Waals surface area contributed by atoms with Crippen molar-refractivity contribution in [1.29, 1.82) is 0 Å². The normalized spacial score (nSPS) is 18.8. The maximum Gasteiger partial charge on any atom is 0.224 e. The number of para-hydroxylation sites is 1. The maximum absolute atomic E-state index is 12.6. The van der Waals surface area contributed by atoms with Gasteiger partial charge < -0.3 is 15.1 Å². The molecule has 1 N–H and O–H groups in total. The van der Waals surface area contributed by atoms with Gasteiger partial charge in [0.25, 0.3) is 0 Å². The fraction of sp³-hybridized carbons (Fsp3) is 0.370. The summed E-state index contributed by atoms with van der Waals surface area (Å²) in [7, 11) is 1.98. The molecule has 1 atom stereocenters. The van der Waals surface area contributed by atoms with Crippen molar-refractivity contribution in [3.8, 4) is 11.1 Å². The molecule has 2 aliphatic rings. The number of carbonyl (C=O) groups is 1. The molecule has 0 saturated carbocycles. The Morgan fingerprint density at radius 3 is 2.66 bits per heavy atom. The molecule has 0 radical (unpaired) electrons. The van der Waals surface area contributed by atoms with Crippen molar-refractivity contribution in [3.63, 3.8) is 0 Å². The van der Waals surface area contributed by atoms with Gasteiger partial charge in [-0.05, 0) is 62.7 Å². The van der Waals surface area contributed by atoms with E-state index in [1.807, 2.05) is 28.9 Å². The van der Waals surface area contributed by atoms with Gasteiger partial charge in [0, 0.05) is 37.7 Å². The van der Waals surface area contributed by atoms with Crippen LogP contribution in [0.2, 0.25) is 0 Å². The molecule has 1 unspecified atom stereocenters. The van der Waals surface area contributed by atoms with E-state index in [0.29, 0.717) is 12.6 Å². The summed E-state index contributed by atoms with van der Waals surface area (Å²) >= 11 is 0. The Morgan fingerprint density at radius 2 is 1.86 bits per heavy atom. The van der Waals surface area contributed by atoms with E-state index in [4.69, 9.17) is 10.2 Å². The van der Waals surface area contributed by atoms with Crippen LogP contribution < -0.4 is 15.1 Å². The third-order valence-corrected chi connectivity index (χ3v) is 7.36. The Morgan fingerprint density at radius 1 is 1.06 bits per heavy atom. The first kappa shape index (κ1) is 21.9. The number of nitrogens with one attached hydrogen (secondary N) is 1. The lowest BCUT2D eigenvalue weighted by molar-refractivity contribution is -0.117. The van der Waals surface area contributed by atoms with E-state index in [9.17, 15) is 4.79 Å². The predicted octanol–water partition coefficient (Wildman–Crippen LogP) is 4.25. The van der Waals surface area contributed by atoms with Gasteiger partial charge in [0.2, 0.25) is 5.91 Å². The second-order valence-corrected chi connectivity index (χ2v) is 9.71. The number of aryl methyl sites for hydroxylation is 1. The zero-order valence-electron chi connectivity index (χ0n) is 20.5. The second-order valence-electron chi connectivity index (χ2n) is 9.71. The third kappa shape index (κ3) is 3.69. The van der Waals surface area contributed by atoms with E-state index in [0.717, 1.165) is 65.2 Å². The molecule has 35 heavy (non-hydrogen) atoms. The van der Waals surface area contributed by atoms with E-state index in [2.05, 4.69) is 64.4 Å². The first-order valence-corrected chi connectivity index (χ1v) is 12.4. The molecule has 2 aromatic carbocycles. The summed E-state index contributed by atoms with van der Waals surface area (Å²) in [5.41, 5.74) is 5.18. The summed E-state index contributed by atoms with van der Waals surface area (Å²) in [5, 5.41) is 14.1. The highest BCUT2D eigenvalue weighted by Crippen LogP contribution is 2.43. The molecule has 1 saturated heterocycles. The molecule has 6 rings (SSSR count). The molecule has 2 aromatic heterocycles. The number of amides is 1. The minimum atomic E-state index is 0.0225. The molecule has 1 amide bonds. The van der Waals surface area contributed by atoms with Crippen LogP contribution in [-0.4, -0.2) is 51.1 Å². The largest absolute Gasteiger partial charge is 0.320 e. The number of carbonyl (C=O) groups excluding carboxylic acids is 1. The fourth-order valence-corrected chi connectivity index (χ4v) is 5.64. The molecule has 4 heterocycles. The van der Waals surface area contributed by atoms with Crippen LogP contribution in [0, 0.1) is 0 Å². The summed E-state index contributed by atoms with van der Waals surface area (Å²) in [6, 6.07) is 15.1. The zero-order valence-corrected chi connectivity index (χ0v) is 20.5. The third-order valence-electron chi connectivity index (χ3n) is 7.36. The molecule has 0 spiro atoms. The SMILES string of the molecule is CC(=O)N1c2ccc(-c3cnn(C4CCNCC4)c3)cc2N(c2nn(C)c3ccccc23)CC1C. The molecular formula is C27H31N7O. The molecule has 0 aliphatic carbocycles. The van der Waals surface area contributed by atoms with Gasteiger partial charge in [-0.15, -0.1) is 0 Å². The van der Waals surface area contributed by atoms with Gasteiger partial charge in [-0.25, -0.2) is 0 Å². The van der Waals surface area contributed by atoms with Gasteiger partial charge in [0.1, 0.15) is 0 Å². The maximum atomic E-state index is 12.6. The quantitative estimate of drug-likeness (QED) is 0.486. The Balaban J connectivity index is 1.46. The monoisotopic (exact) mass is 469 g/mol.